The molecule has 1 atom stereocenters. The average molecular weight is 371 g/mol. The van der Waals surface area contributed by atoms with Crippen LogP contribution in [-0.4, -0.2) is 43.7 Å². The van der Waals surface area contributed by atoms with Crippen molar-refractivity contribution in [3.05, 3.63) is 59.2 Å². The summed E-state index contributed by atoms with van der Waals surface area (Å²) in [5.74, 6) is 1.19. The normalized spacial score (nSPS) is 11.7. The number of ether oxygens (including phenoxy) is 2. The van der Waals surface area contributed by atoms with Crippen molar-refractivity contribution in [1.82, 2.24) is 4.90 Å². The van der Waals surface area contributed by atoms with E-state index in [4.69, 9.17) is 9.47 Å². The van der Waals surface area contributed by atoms with Gasteiger partial charge in [-0.2, -0.15) is 0 Å². The fraction of sp³-hybridized carbons (Fsp3) is 0.409. The highest BCUT2D eigenvalue weighted by Gasteiger charge is 2.17. The third kappa shape index (κ3) is 5.73. The van der Waals surface area contributed by atoms with Gasteiger partial charge >= 0.3 is 0 Å². The smallest absolute Gasteiger partial charge is 0.222 e. The molecule has 27 heavy (non-hydrogen) atoms. The third-order valence-corrected chi connectivity index (χ3v) is 4.76. The van der Waals surface area contributed by atoms with Gasteiger partial charge in [0.2, 0.25) is 5.91 Å². The lowest BCUT2D eigenvalue weighted by Gasteiger charge is -2.22. The number of amides is 1. The summed E-state index contributed by atoms with van der Waals surface area (Å²) in [6.07, 6.45) is 1.35. The summed E-state index contributed by atoms with van der Waals surface area (Å²) in [6.45, 7) is 2.32. The number of carbonyl (C=O) groups excluding carboxylic acids is 1. The molecule has 2 aromatic carbocycles. The Morgan fingerprint density at radius 2 is 1.81 bits per heavy atom. The summed E-state index contributed by atoms with van der Waals surface area (Å²) in [5, 5.41) is 10.5. The first-order chi connectivity index (χ1) is 13.0. The molecule has 2 aromatic rings. The number of aryl methyl sites for hydroxylation is 2. The molecule has 0 aliphatic heterocycles. The number of aliphatic hydroxyl groups excluding tert-OH is 1. The van der Waals surface area contributed by atoms with Crippen molar-refractivity contribution in [1.29, 1.82) is 0 Å². The second-order valence-corrected chi connectivity index (χ2v) is 6.68. The fourth-order valence-electron chi connectivity index (χ4n) is 3.04. The molecule has 0 aromatic heterocycles. The minimum Gasteiger partial charge on any atom is -0.493 e. The zero-order valence-electron chi connectivity index (χ0n) is 16.6. The molecule has 1 amide bonds. The molecule has 0 fully saturated rings. The van der Waals surface area contributed by atoms with Gasteiger partial charge in [0.25, 0.3) is 0 Å². The fourth-order valence-corrected chi connectivity index (χ4v) is 3.04. The number of carbonyl (C=O) groups is 1. The van der Waals surface area contributed by atoms with E-state index in [9.17, 15) is 9.90 Å². The van der Waals surface area contributed by atoms with Gasteiger partial charge < -0.3 is 19.5 Å². The second-order valence-electron chi connectivity index (χ2n) is 6.68. The van der Waals surface area contributed by atoms with Crippen LogP contribution in [0.25, 0.3) is 0 Å². The maximum Gasteiger partial charge on any atom is 0.222 e. The van der Waals surface area contributed by atoms with Gasteiger partial charge in [-0.25, -0.2) is 0 Å². The highest BCUT2D eigenvalue weighted by atomic mass is 16.5. The van der Waals surface area contributed by atoms with E-state index in [0.717, 1.165) is 12.8 Å². The van der Waals surface area contributed by atoms with Gasteiger partial charge in [0.05, 0.1) is 26.9 Å². The van der Waals surface area contributed by atoms with Crippen molar-refractivity contribution >= 4 is 5.91 Å². The molecule has 0 saturated carbocycles. The molecule has 5 heteroatoms. The third-order valence-electron chi connectivity index (χ3n) is 4.76. The predicted octanol–water partition coefficient (Wildman–Crippen LogP) is 3.53. The van der Waals surface area contributed by atoms with Crippen molar-refractivity contribution in [2.24, 2.45) is 0 Å². The molecular formula is C22H29NO4. The van der Waals surface area contributed by atoms with E-state index in [0.29, 0.717) is 23.5 Å². The monoisotopic (exact) mass is 371 g/mol. The predicted molar refractivity (Wildman–Crippen MR) is 106 cm³/mol. The van der Waals surface area contributed by atoms with Crippen molar-refractivity contribution < 1.29 is 19.4 Å². The SMILES string of the molecule is COc1ccc(C(O)CN(C)C(=O)CCCc2ccccc2C)cc1OC. The Labute approximate surface area is 161 Å². The van der Waals surface area contributed by atoms with E-state index in [1.54, 1.807) is 44.4 Å². The Hall–Kier alpha value is -2.53. The summed E-state index contributed by atoms with van der Waals surface area (Å²) in [6, 6.07) is 13.5. The van der Waals surface area contributed by atoms with Crippen LogP contribution in [0, 0.1) is 6.92 Å². The number of likely N-dealkylation sites (N-methyl/N-ethyl adjacent to an activating group) is 1. The van der Waals surface area contributed by atoms with E-state index in [2.05, 4.69) is 19.1 Å². The molecule has 146 valence electrons. The summed E-state index contributed by atoms with van der Waals surface area (Å²) in [4.78, 5) is 14.0. The number of rotatable bonds is 9. The van der Waals surface area contributed by atoms with Gasteiger partial charge in [-0.05, 0) is 48.6 Å². The second kappa shape index (κ2) is 9.97. The maximum absolute atomic E-state index is 12.4. The molecule has 0 aliphatic carbocycles. The number of hydrogen-bond acceptors (Lipinski definition) is 4. The van der Waals surface area contributed by atoms with Crippen molar-refractivity contribution in [2.45, 2.75) is 32.3 Å². The zero-order chi connectivity index (χ0) is 19.8. The van der Waals surface area contributed by atoms with Crippen LogP contribution in [0.2, 0.25) is 0 Å². The first-order valence-electron chi connectivity index (χ1n) is 9.14. The number of nitrogens with zero attached hydrogens (tertiary/aromatic N) is 1. The molecule has 0 saturated heterocycles. The molecule has 1 unspecified atom stereocenters. The molecule has 0 heterocycles. The number of hydrogen-bond donors (Lipinski definition) is 1. The summed E-state index contributed by atoms with van der Waals surface area (Å²) in [5.41, 5.74) is 3.22. The molecule has 0 bridgehead atoms. The van der Waals surface area contributed by atoms with E-state index >= 15 is 0 Å². The van der Waals surface area contributed by atoms with Crippen molar-refractivity contribution in [3.8, 4) is 11.5 Å². The van der Waals surface area contributed by atoms with E-state index in [1.807, 2.05) is 12.1 Å². The number of benzene rings is 2. The van der Waals surface area contributed by atoms with Crippen LogP contribution in [0.5, 0.6) is 11.5 Å². The van der Waals surface area contributed by atoms with Crippen LogP contribution < -0.4 is 9.47 Å². The number of aliphatic hydroxyl groups is 1. The van der Waals surface area contributed by atoms with Crippen LogP contribution in [0.1, 0.15) is 35.6 Å². The minimum absolute atomic E-state index is 0.0307. The van der Waals surface area contributed by atoms with Gasteiger partial charge in [0.1, 0.15) is 0 Å². The van der Waals surface area contributed by atoms with Crippen LogP contribution >= 0.6 is 0 Å². The Kier molecular flexibility index (Phi) is 7.67. The van der Waals surface area contributed by atoms with Crippen molar-refractivity contribution in [3.63, 3.8) is 0 Å². The summed E-state index contributed by atoms with van der Waals surface area (Å²) >= 11 is 0. The van der Waals surface area contributed by atoms with Crippen LogP contribution in [0.15, 0.2) is 42.5 Å². The minimum atomic E-state index is -0.782. The Bertz CT molecular complexity index is 760. The van der Waals surface area contributed by atoms with E-state index < -0.39 is 6.10 Å². The quantitative estimate of drug-likeness (QED) is 0.733. The maximum atomic E-state index is 12.4. The Morgan fingerprint density at radius 3 is 2.48 bits per heavy atom. The van der Waals surface area contributed by atoms with Crippen LogP contribution in [0.3, 0.4) is 0 Å². The van der Waals surface area contributed by atoms with E-state index in [1.165, 1.54) is 11.1 Å². The van der Waals surface area contributed by atoms with Crippen molar-refractivity contribution in [2.75, 3.05) is 27.8 Å². The van der Waals surface area contributed by atoms with E-state index in [-0.39, 0.29) is 12.5 Å². The van der Waals surface area contributed by atoms with Gasteiger partial charge in [-0.15, -0.1) is 0 Å². The molecule has 2 rings (SSSR count). The van der Waals surface area contributed by atoms with Crippen LogP contribution in [-0.2, 0) is 11.2 Å². The van der Waals surface area contributed by atoms with Gasteiger partial charge in [-0.1, -0.05) is 30.3 Å². The molecular weight excluding hydrogens is 342 g/mol. The summed E-state index contributed by atoms with van der Waals surface area (Å²) in [7, 11) is 4.84. The number of methoxy groups -OCH3 is 2. The largest absolute Gasteiger partial charge is 0.493 e. The highest BCUT2D eigenvalue weighted by Crippen LogP contribution is 2.30. The lowest BCUT2D eigenvalue weighted by atomic mass is 10.0. The van der Waals surface area contributed by atoms with Gasteiger partial charge in [-0.3, -0.25) is 4.79 Å². The lowest BCUT2D eigenvalue weighted by molar-refractivity contribution is -0.131. The van der Waals surface area contributed by atoms with Crippen LogP contribution in [0.4, 0.5) is 0 Å². The topological polar surface area (TPSA) is 59.0 Å². The zero-order valence-corrected chi connectivity index (χ0v) is 16.6. The summed E-state index contributed by atoms with van der Waals surface area (Å²) < 4.78 is 10.5. The standard InChI is InChI=1S/C22H29NO4/c1-16-8-5-6-9-17(16)10-7-11-22(25)23(2)15-19(24)18-12-13-20(26-3)21(14-18)27-4/h5-6,8-9,12-14,19,24H,7,10-11,15H2,1-4H3. The molecule has 0 spiro atoms. The lowest BCUT2D eigenvalue weighted by Crippen LogP contribution is -2.31. The molecule has 5 nitrogen and oxygen atoms in total. The Balaban J connectivity index is 1.87. The Morgan fingerprint density at radius 1 is 1.11 bits per heavy atom. The molecule has 1 N–H and O–H groups in total. The average Bonchev–Trinajstić information content (AvgIpc) is 2.68. The highest BCUT2D eigenvalue weighted by molar-refractivity contribution is 5.75. The molecule has 0 radical (unpaired) electrons. The molecule has 0 aliphatic rings. The van der Waals surface area contributed by atoms with Gasteiger partial charge in [0, 0.05) is 13.5 Å². The first-order valence-corrected chi connectivity index (χ1v) is 9.14. The first kappa shape index (κ1) is 20.8. The van der Waals surface area contributed by atoms with Gasteiger partial charge in [0.15, 0.2) is 11.5 Å².